The molecule has 0 aromatic heterocycles. The molecule has 2 N–H and O–H groups in total. The predicted octanol–water partition coefficient (Wildman–Crippen LogP) is 2.73. The van der Waals surface area contributed by atoms with Crippen molar-refractivity contribution in [2.24, 2.45) is 28.8 Å². The van der Waals surface area contributed by atoms with Crippen molar-refractivity contribution < 1.29 is 43.6 Å². The standard InChI is InChI=1S/C26H47NO9/c1-10-21-26(7,31)23(29)19(5)22(27-35-15-34-12-11-32-8)16(2)14-25(6,33-9)17(3)13-20(28)18(4)24(30)36-21/h16-19,21,23,29,31H,10-15H2,1-9H3/b27-22+/t16-,17-,18?,19?,21-,23?,25-,26-/m1/s1. The Bertz CT molecular complexity index is 741. The van der Waals surface area contributed by atoms with Crippen molar-refractivity contribution in [3.63, 3.8) is 0 Å². The number of aliphatic hydroxyl groups excluding tert-OH is 1. The van der Waals surface area contributed by atoms with Gasteiger partial charge in [0, 0.05) is 32.5 Å². The Hall–Kier alpha value is -1.59. The third-order valence-electron chi connectivity index (χ3n) is 7.63. The molecule has 36 heavy (non-hydrogen) atoms. The first kappa shape index (κ1) is 32.4. The molecular formula is C26H47NO9. The summed E-state index contributed by atoms with van der Waals surface area (Å²) in [6.45, 7) is 12.8. The smallest absolute Gasteiger partial charge is 0.316 e. The number of oxime groups is 1. The van der Waals surface area contributed by atoms with Gasteiger partial charge in [-0.25, -0.2) is 0 Å². The molecule has 0 aromatic rings. The Balaban J connectivity index is 3.45. The molecule has 3 unspecified atom stereocenters. The van der Waals surface area contributed by atoms with E-state index in [4.69, 9.17) is 23.8 Å². The summed E-state index contributed by atoms with van der Waals surface area (Å²) in [4.78, 5) is 31.2. The maximum atomic E-state index is 12.9. The van der Waals surface area contributed by atoms with Gasteiger partial charge < -0.3 is 34.0 Å². The number of ether oxygens (including phenoxy) is 4. The Morgan fingerprint density at radius 3 is 2.31 bits per heavy atom. The number of aliphatic hydroxyl groups is 2. The number of hydrogen-bond acceptors (Lipinski definition) is 10. The van der Waals surface area contributed by atoms with Crippen molar-refractivity contribution in [2.75, 3.05) is 34.2 Å². The molecule has 210 valence electrons. The molecule has 10 heteroatoms. The minimum Gasteiger partial charge on any atom is -0.459 e. The van der Waals surface area contributed by atoms with Crippen LogP contribution in [0.15, 0.2) is 5.16 Å². The summed E-state index contributed by atoms with van der Waals surface area (Å²) >= 11 is 0. The van der Waals surface area contributed by atoms with E-state index >= 15 is 0 Å². The van der Waals surface area contributed by atoms with E-state index in [1.54, 1.807) is 28.1 Å². The van der Waals surface area contributed by atoms with E-state index in [0.29, 0.717) is 25.3 Å². The van der Waals surface area contributed by atoms with Crippen LogP contribution in [0.3, 0.4) is 0 Å². The van der Waals surface area contributed by atoms with Gasteiger partial charge in [-0.05, 0) is 39.5 Å². The first-order valence-electron chi connectivity index (χ1n) is 12.7. The van der Waals surface area contributed by atoms with Crippen LogP contribution in [-0.2, 0) is 33.4 Å². The predicted molar refractivity (Wildman–Crippen MR) is 134 cm³/mol. The van der Waals surface area contributed by atoms with Crippen molar-refractivity contribution in [1.82, 2.24) is 0 Å². The van der Waals surface area contributed by atoms with Crippen molar-refractivity contribution in [2.45, 2.75) is 91.1 Å². The molecule has 0 spiro atoms. The van der Waals surface area contributed by atoms with Crippen molar-refractivity contribution >= 4 is 17.5 Å². The van der Waals surface area contributed by atoms with Gasteiger partial charge in [-0.1, -0.05) is 32.9 Å². The molecule has 1 rings (SSSR count). The molecule has 0 saturated carbocycles. The van der Waals surface area contributed by atoms with E-state index in [0.717, 1.165) is 0 Å². The molecule has 0 bridgehead atoms. The molecule has 1 saturated heterocycles. The van der Waals surface area contributed by atoms with Crippen LogP contribution in [0.2, 0.25) is 0 Å². The monoisotopic (exact) mass is 517 g/mol. The zero-order valence-electron chi connectivity index (χ0n) is 23.4. The summed E-state index contributed by atoms with van der Waals surface area (Å²) < 4.78 is 21.7. The maximum Gasteiger partial charge on any atom is 0.316 e. The number of cyclic esters (lactones) is 1. The SMILES string of the molecule is CC[C@H]1OC(=O)C(C)C(=O)C[C@@H](C)[C@](C)(OC)C[C@@H](C)/C(=N\OCOCCOC)C(C)C(O)[C@]1(C)O. The third kappa shape index (κ3) is 8.21. The lowest BCUT2D eigenvalue weighted by Gasteiger charge is -2.41. The van der Waals surface area contributed by atoms with Gasteiger partial charge in [0.2, 0.25) is 6.79 Å². The summed E-state index contributed by atoms with van der Waals surface area (Å²) in [7, 11) is 3.15. The zero-order chi connectivity index (χ0) is 27.7. The lowest BCUT2D eigenvalue weighted by Crippen LogP contribution is -2.56. The van der Waals surface area contributed by atoms with E-state index < -0.39 is 41.2 Å². The van der Waals surface area contributed by atoms with Gasteiger partial charge in [0.25, 0.3) is 0 Å². The lowest BCUT2D eigenvalue weighted by atomic mass is 9.74. The van der Waals surface area contributed by atoms with Gasteiger partial charge in [0.1, 0.15) is 23.4 Å². The quantitative estimate of drug-likeness (QED) is 0.164. The van der Waals surface area contributed by atoms with Crippen LogP contribution in [0, 0.1) is 23.7 Å². The minimum absolute atomic E-state index is 0.113. The van der Waals surface area contributed by atoms with Crippen molar-refractivity contribution in [1.29, 1.82) is 0 Å². The molecule has 1 heterocycles. The number of carbonyl (C=O) groups excluding carboxylic acids is 2. The Labute approximate surface area is 215 Å². The van der Waals surface area contributed by atoms with Gasteiger partial charge in [0.05, 0.1) is 30.6 Å². The molecule has 0 amide bonds. The van der Waals surface area contributed by atoms with E-state index in [2.05, 4.69) is 5.16 Å². The molecule has 8 atom stereocenters. The first-order chi connectivity index (χ1) is 16.8. The average Bonchev–Trinajstić information content (AvgIpc) is 2.84. The summed E-state index contributed by atoms with van der Waals surface area (Å²) in [5.41, 5.74) is -2.06. The summed E-state index contributed by atoms with van der Waals surface area (Å²) in [5, 5.41) is 26.9. The van der Waals surface area contributed by atoms with Crippen LogP contribution in [0.4, 0.5) is 0 Å². The highest BCUT2D eigenvalue weighted by molar-refractivity contribution is 5.98. The second kappa shape index (κ2) is 14.4. The fourth-order valence-corrected chi connectivity index (χ4v) is 4.70. The van der Waals surface area contributed by atoms with Crippen LogP contribution in [-0.4, -0.2) is 85.3 Å². The molecule has 10 nitrogen and oxygen atoms in total. The van der Waals surface area contributed by atoms with Gasteiger partial charge in [-0.3, -0.25) is 9.59 Å². The molecule has 0 aromatic carbocycles. The molecule has 1 aliphatic rings. The van der Waals surface area contributed by atoms with Gasteiger partial charge in [-0.2, -0.15) is 0 Å². The molecular weight excluding hydrogens is 470 g/mol. The second-order valence-electron chi connectivity index (χ2n) is 10.4. The number of nitrogens with zero attached hydrogens (tertiary/aromatic N) is 1. The zero-order valence-corrected chi connectivity index (χ0v) is 23.4. The molecule has 1 aliphatic heterocycles. The van der Waals surface area contributed by atoms with Crippen LogP contribution in [0.1, 0.15) is 67.7 Å². The van der Waals surface area contributed by atoms with Crippen LogP contribution < -0.4 is 0 Å². The Morgan fingerprint density at radius 1 is 1.11 bits per heavy atom. The van der Waals surface area contributed by atoms with E-state index in [9.17, 15) is 19.8 Å². The highest BCUT2D eigenvalue weighted by Gasteiger charge is 2.47. The highest BCUT2D eigenvalue weighted by Crippen LogP contribution is 2.36. The topological polar surface area (TPSA) is 133 Å². The average molecular weight is 518 g/mol. The number of methoxy groups -OCH3 is 2. The minimum atomic E-state index is -1.82. The number of carbonyl (C=O) groups is 2. The Morgan fingerprint density at radius 2 is 1.75 bits per heavy atom. The largest absolute Gasteiger partial charge is 0.459 e. The van der Waals surface area contributed by atoms with Gasteiger partial charge in [-0.15, -0.1) is 0 Å². The van der Waals surface area contributed by atoms with Crippen LogP contribution in [0.5, 0.6) is 0 Å². The molecule has 1 fully saturated rings. The van der Waals surface area contributed by atoms with Gasteiger partial charge in [0.15, 0.2) is 0 Å². The number of hydrogen-bond donors (Lipinski definition) is 2. The van der Waals surface area contributed by atoms with Crippen molar-refractivity contribution in [3.05, 3.63) is 0 Å². The number of esters is 1. The normalized spacial score (nSPS) is 38.5. The third-order valence-corrected chi connectivity index (χ3v) is 7.63. The van der Waals surface area contributed by atoms with Crippen LogP contribution in [0.25, 0.3) is 0 Å². The summed E-state index contributed by atoms with van der Waals surface area (Å²) in [6, 6.07) is 0. The van der Waals surface area contributed by atoms with E-state index in [-0.39, 0.29) is 37.3 Å². The summed E-state index contributed by atoms with van der Waals surface area (Å²) in [5.74, 6) is -3.14. The fourth-order valence-electron chi connectivity index (χ4n) is 4.70. The fraction of sp³-hybridized carbons (Fsp3) is 0.885. The lowest BCUT2D eigenvalue weighted by molar-refractivity contribution is -0.186. The number of rotatable bonds is 8. The highest BCUT2D eigenvalue weighted by atomic mass is 16.7. The first-order valence-corrected chi connectivity index (χ1v) is 12.7. The Kier molecular flexibility index (Phi) is 13.0. The number of Topliss-reactive ketones (excluding diaryl/α,β-unsaturated/α-hetero) is 1. The molecule has 0 radical (unpaired) electrons. The van der Waals surface area contributed by atoms with E-state index in [1.165, 1.54) is 13.8 Å². The van der Waals surface area contributed by atoms with Crippen molar-refractivity contribution in [3.8, 4) is 0 Å². The molecule has 0 aliphatic carbocycles. The van der Waals surface area contributed by atoms with E-state index in [1.807, 2.05) is 20.8 Å². The maximum absolute atomic E-state index is 12.9. The summed E-state index contributed by atoms with van der Waals surface area (Å²) in [6.07, 6.45) is -1.56. The second-order valence-corrected chi connectivity index (χ2v) is 10.4. The van der Waals surface area contributed by atoms with Gasteiger partial charge >= 0.3 is 5.97 Å². The number of ketones is 1. The van der Waals surface area contributed by atoms with Crippen LogP contribution >= 0.6 is 0 Å².